The average Bonchev–Trinajstić information content (AvgIpc) is 2.89. The third-order valence-corrected chi connectivity index (χ3v) is 6.09. The summed E-state index contributed by atoms with van der Waals surface area (Å²) in [4.78, 5) is 28.7. The molecule has 1 saturated heterocycles. The van der Waals surface area contributed by atoms with Crippen molar-refractivity contribution in [1.82, 2.24) is 4.98 Å². The quantitative estimate of drug-likeness (QED) is 0.832. The molecule has 134 valence electrons. The van der Waals surface area contributed by atoms with Gasteiger partial charge in [-0.15, -0.1) is 0 Å². The Labute approximate surface area is 147 Å². The number of esters is 1. The van der Waals surface area contributed by atoms with E-state index in [1.165, 1.54) is 6.42 Å². The Morgan fingerprint density at radius 2 is 2.20 bits per heavy atom. The Kier molecular flexibility index (Phi) is 4.36. The molecule has 0 spiro atoms. The van der Waals surface area contributed by atoms with Crippen LogP contribution < -0.4 is 5.32 Å². The molecule has 4 rings (SSSR count). The topological polar surface area (TPSA) is 77.5 Å². The normalized spacial score (nSPS) is 36.8. The van der Waals surface area contributed by atoms with Crippen molar-refractivity contribution in [3.63, 3.8) is 0 Å². The monoisotopic (exact) mass is 344 g/mol. The molecule has 1 aliphatic heterocycles. The standard InChI is InChI=1S/C19H24N2O4/c1-11-16-15(18(22)24-11)9-12-5-2-3-7-14(12)17(16)25-19(23)21-13-6-4-8-20-10-13/h4,6,8,10-12,14-17H,2-3,5,7,9H2,1H3,(H,21,23). The smallest absolute Gasteiger partial charge is 0.411 e. The molecule has 2 aliphatic carbocycles. The number of amides is 1. The number of aromatic nitrogens is 1. The number of fused-ring (bicyclic) bond motifs is 2. The number of hydrogen-bond acceptors (Lipinski definition) is 5. The predicted molar refractivity (Wildman–Crippen MR) is 90.7 cm³/mol. The molecule has 3 aliphatic rings. The number of nitrogens with zero attached hydrogens (tertiary/aromatic N) is 1. The Morgan fingerprint density at radius 3 is 3.00 bits per heavy atom. The van der Waals surface area contributed by atoms with Gasteiger partial charge in [-0.25, -0.2) is 4.79 Å². The molecule has 1 aromatic rings. The molecule has 2 heterocycles. The number of carbonyl (C=O) groups is 2. The van der Waals surface area contributed by atoms with E-state index in [1.807, 2.05) is 6.92 Å². The maximum atomic E-state index is 12.4. The highest BCUT2D eigenvalue weighted by Crippen LogP contribution is 2.51. The summed E-state index contributed by atoms with van der Waals surface area (Å²) >= 11 is 0. The molecule has 6 heteroatoms. The van der Waals surface area contributed by atoms with Crippen LogP contribution in [0.1, 0.15) is 39.0 Å². The Hall–Kier alpha value is -2.11. The van der Waals surface area contributed by atoms with E-state index in [1.54, 1.807) is 24.5 Å². The van der Waals surface area contributed by atoms with Gasteiger partial charge in [-0.1, -0.05) is 19.3 Å². The first kappa shape index (κ1) is 16.4. The number of rotatable bonds is 2. The fourth-order valence-electron chi connectivity index (χ4n) is 5.03. The molecule has 25 heavy (non-hydrogen) atoms. The maximum absolute atomic E-state index is 12.4. The lowest BCUT2D eigenvalue weighted by molar-refractivity contribution is -0.144. The molecule has 6 unspecified atom stereocenters. The average molecular weight is 344 g/mol. The lowest BCUT2D eigenvalue weighted by atomic mass is 9.61. The van der Waals surface area contributed by atoms with Gasteiger partial charge < -0.3 is 9.47 Å². The van der Waals surface area contributed by atoms with Crippen LogP contribution in [-0.4, -0.2) is 29.3 Å². The molecule has 6 nitrogen and oxygen atoms in total. The van der Waals surface area contributed by atoms with Crippen molar-refractivity contribution < 1.29 is 19.1 Å². The van der Waals surface area contributed by atoms with Crippen LogP contribution in [0.25, 0.3) is 0 Å². The zero-order chi connectivity index (χ0) is 17.4. The van der Waals surface area contributed by atoms with Crippen LogP contribution in [0.5, 0.6) is 0 Å². The predicted octanol–water partition coefficient (Wildman–Crippen LogP) is 3.39. The first-order valence-electron chi connectivity index (χ1n) is 9.21. The summed E-state index contributed by atoms with van der Waals surface area (Å²) in [6.45, 7) is 1.92. The van der Waals surface area contributed by atoms with Crippen LogP contribution >= 0.6 is 0 Å². The largest absolute Gasteiger partial charge is 0.462 e. The highest BCUT2D eigenvalue weighted by molar-refractivity contribution is 5.84. The van der Waals surface area contributed by atoms with E-state index in [0.717, 1.165) is 25.7 Å². The van der Waals surface area contributed by atoms with Gasteiger partial charge in [0.05, 0.1) is 17.8 Å². The van der Waals surface area contributed by atoms with E-state index in [0.29, 0.717) is 17.5 Å². The number of hydrogen-bond donors (Lipinski definition) is 1. The van der Waals surface area contributed by atoms with Crippen LogP contribution in [-0.2, 0) is 14.3 Å². The molecule has 0 radical (unpaired) electrons. The molecule has 1 N–H and O–H groups in total. The molecule has 2 saturated carbocycles. The number of nitrogens with one attached hydrogen (secondary N) is 1. The Balaban J connectivity index is 1.53. The molecular formula is C19H24N2O4. The van der Waals surface area contributed by atoms with E-state index in [2.05, 4.69) is 10.3 Å². The van der Waals surface area contributed by atoms with Gasteiger partial charge in [0, 0.05) is 12.1 Å². The van der Waals surface area contributed by atoms with E-state index in [4.69, 9.17) is 9.47 Å². The fourth-order valence-corrected chi connectivity index (χ4v) is 5.03. The minimum atomic E-state index is -0.477. The Morgan fingerprint density at radius 1 is 1.36 bits per heavy atom. The van der Waals surface area contributed by atoms with Gasteiger partial charge in [-0.2, -0.15) is 0 Å². The highest BCUT2D eigenvalue weighted by Gasteiger charge is 2.56. The second-order valence-corrected chi connectivity index (χ2v) is 7.51. The van der Waals surface area contributed by atoms with Crippen LogP contribution in [0.3, 0.4) is 0 Å². The van der Waals surface area contributed by atoms with Crippen molar-refractivity contribution >= 4 is 17.7 Å². The van der Waals surface area contributed by atoms with Gasteiger partial charge in [0.1, 0.15) is 12.2 Å². The first-order valence-corrected chi connectivity index (χ1v) is 9.21. The minimum absolute atomic E-state index is 0.0356. The van der Waals surface area contributed by atoms with E-state index < -0.39 is 6.09 Å². The molecule has 1 amide bonds. The third kappa shape index (κ3) is 3.10. The molecule has 6 atom stereocenters. The summed E-state index contributed by atoms with van der Waals surface area (Å²) in [6, 6.07) is 3.53. The van der Waals surface area contributed by atoms with Crippen molar-refractivity contribution in [2.45, 2.75) is 51.2 Å². The van der Waals surface area contributed by atoms with Gasteiger partial charge in [-0.3, -0.25) is 15.1 Å². The van der Waals surface area contributed by atoms with Crippen LogP contribution in [0, 0.1) is 23.7 Å². The van der Waals surface area contributed by atoms with Crippen molar-refractivity contribution in [2.75, 3.05) is 5.32 Å². The van der Waals surface area contributed by atoms with E-state index in [-0.39, 0.29) is 30.0 Å². The van der Waals surface area contributed by atoms with Crippen molar-refractivity contribution in [1.29, 1.82) is 0 Å². The molecular weight excluding hydrogens is 320 g/mol. The molecule has 3 fully saturated rings. The first-order chi connectivity index (χ1) is 12.1. The SMILES string of the molecule is CC1OC(=O)C2CC3CCCCC3C(OC(=O)Nc3cccnc3)C12. The van der Waals surface area contributed by atoms with Gasteiger partial charge in [0.25, 0.3) is 0 Å². The van der Waals surface area contributed by atoms with Gasteiger partial charge in [0.2, 0.25) is 0 Å². The summed E-state index contributed by atoms with van der Waals surface area (Å²) in [5, 5.41) is 2.74. The molecule has 0 aromatic carbocycles. The second kappa shape index (κ2) is 6.65. The van der Waals surface area contributed by atoms with Gasteiger partial charge >= 0.3 is 12.1 Å². The third-order valence-electron chi connectivity index (χ3n) is 6.09. The molecule has 1 aromatic heterocycles. The minimum Gasteiger partial charge on any atom is -0.462 e. The number of anilines is 1. The lowest BCUT2D eigenvalue weighted by Gasteiger charge is -2.45. The zero-order valence-electron chi connectivity index (χ0n) is 14.4. The van der Waals surface area contributed by atoms with Crippen molar-refractivity contribution in [2.24, 2.45) is 23.7 Å². The lowest BCUT2D eigenvalue weighted by Crippen LogP contribution is -2.49. The summed E-state index contributed by atoms with van der Waals surface area (Å²) in [5.74, 6) is 0.482. The summed E-state index contributed by atoms with van der Waals surface area (Å²) in [5.41, 5.74) is 0.604. The van der Waals surface area contributed by atoms with Gasteiger partial charge in [0.15, 0.2) is 0 Å². The number of pyridine rings is 1. The van der Waals surface area contributed by atoms with E-state index in [9.17, 15) is 9.59 Å². The second-order valence-electron chi connectivity index (χ2n) is 7.51. The summed E-state index contributed by atoms with van der Waals surface area (Å²) in [7, 11) is 0. The molecule has 0 bridgehead atoms. The zero-order valence-corrected chi connectivity index (χ0v) is 14.4. The van der Waals surface area contributed by atoms with Crippen LogP contribution in [0.4, 0.5) is 10.5 Å². The van der Waals surface area contributed by atoms with Crippen molar-refractivity contribution in [3.8, 4) is 0 Å². The fraction of sp³-hybridized carbons (Fsp3) is 0.632. The van der Waals surface area contributed by atoms with Crippen LogP contribution in [0.2, 0.25) is 0 Å². The summed E-state index contributed by atoms with van der Waals surface area (Å²) < 4.78 is 11.4. The van der Waals surface area contributed by atoms with Crippen LogP contribution in [0.15, 0.2) is 24.5 Å². The Bertz CT molecular complexity index is 650. The number of ether oxygens (including phenoxy) is 2. The maximum Gasteiger partial charge on any atom is 0.411 e. The van der Waals surface area contributed by atoms with Crippen molar-refractivity contribution in [3.05, 3.63) is 24.5 Å². The van der Waals surface area contributed by atoms with E-state index >= 15 is 0 Å². The highest BCUT2D eigenvalue weighted by atomic mass is 16.6. The van der Waals surface area contributed by atoms with Gasteiger partial charge in [-0.05, 0) is 43.7 Å². The number of cyclic esters (lactones) is 1. The number of carbonyl (C=O) groups excluding carboxylic acids is 2. The summed E-state index contributed by atoms with van der Waals surface area (Å²) in [6.07, 6.45) is 7.69.